The molecule has 0 atom stereocenters. The molecule has 1 heterocycles. The molecule has 7 nitrogen and oxygen atoms in total. The first kappa shape index (κ1) is 23.0. The number of halogens is 1. The van der Waals surface area contributed by atoms with E-state index >= 15 is 0 Å². The lowest BCUT2D eigenvalue weighted by molar-refractivity contribution is 0.0998. The normalized spacial score (nSPS) is 12.2. The molecule has 3 aromatic carbocycles. The molecule has 4 aromatic rings. The highest BCUT2D eigenvalue weighted by Gasteiger charge is 2.15. The van der Waals surface area contributed by atoms with Gasteiger partial charge in [0.25, 0.3) is 15.9 Å². The van der Waals surface area contributed by atoms with Crippen molar-refractivity contribution in [3.63, 3.8) is 0 Å². The van der Waals surface area contributed by atoms with Gasteiger partial charge in [0, 0.05) is 23.3 Å². The number of nitrogens with zero attached hydrogens (tertiary/aromatic N) is 2. The van der Waals surface area contributed by atoms with E-state index < -0.39 is 15.9 Å². The Morgan fingerprint density at radius 2 is 1.76 bits per heavy atom. The van der Waals surface area contributed by atoms with Crippen LogP contribution < -0.4 is 14.3 Å². The van der Waals surface area contributed by atoms with Crippen molar-refractivity contribution in [2.75, 3.05) is 11.8 Å². The van der Waals surface area contributed by atoms with Crippen LogP contribution in [0, 0.1) is 6.92 Å². The highest BCUT2D eigenvalue weighted by atomic mass is 35.5. The third kappa shape index (κ3) is 4.80. The van der Waals surface area contributed by atoms with Gasteiger partial charge < -0.3 is 9.30 Å². The molecule has 0 aliphatic heterocycles. The Bertz CT molecular complexity index is 1520. The largest absolute Gasteiger partial charge is 0.497 e. The van der Waals surface area contributed by atoms with Gasteiger partial charge in [-0.2, -0.15) is 4.99 Å². The van der Waals surface area contributed by atoms with Crippen LogP contribution in [0.25, 0.3) is 10.2 Å². The minimum Gasteiger partial charge on any atom is -0.497 e. The number of thiazole rings is 1. The average Bonchev–Trinajstić information content (AvgIpc) is 3.09. The molecule has 0 saturated carbocycles. The quantitative estimate of drug-likeness (QED) is 0.427. The van der Waals surface area contributed by atoms with E-state index in [9.17, 15) is 13.2 Å². The van der Waals surface area contributed by atoms with E-state index in [4.69, 9.17) is 16.3 Å². The summed E-state index contributed by atoms with van der Waals surface area (Å²) in [5.74, 6) is 0.135. The second kappa shape index (κ2) is 9.01. The van der Waals surface area contributed by atoms with Crippen molar-refractivity contribution in [3.05, 3.63) is 81.6 Å². The lowest BCUT2D eigenvalue weighted by Gasteiger charge is -2.09. The lowest BCUT2D eigenvalue weighted by atomic mass is 10.2. The van der Waals surface area contributed by atoms with Crippen LogP contribution >= 0.6 is 22.9 Å². The van der Waals surface area contributed by atoms with Gasteiger partial charge in [-0.25, -0.2) is 8.42 Å². The van der Waals surface area contributed by atoms with Gasteiger partial charge in [-0.05, 0) is 73.2 Å². The molecule has 0 radical (unpaired) electrons. The van der Waals surface area contributed by atoms with Gasteiger partial charge in [-0.1, -0.05) is 22.9 Å². The first-order valence-electron chi connectivity index (χ1n) is 9.79. The maximum absolute atomic E-state index is 12.7. The SMILES string of the molecule is COc1ccc(S(=O)(=O)Nc2ccc(C(=O)N=c3sc4cc(Cl)cc(C)c4n3C)cc2)cc1. The second-order valence-corrected chi connectivity index (χ2v) is 10.4. The minimum absolute atomic E-state index is 0.103. The first-order valence-corrected chi connectivity index (χ1v) is 12.5. The summed E-state index contributed by atoms with van der Waals surface area (Å²) in [6.07, 6.45) is 0. The number of methoxy groups -OCH3 is 1. The zero-order valence-electron chi connectivity index (χ0n) is 18.0. The Kier molecular flexibility index (Phi) is 6.29. The summed E-state index contributed by atoms with van der Waals surface area (Å²) in [7, 11) is -0.416. The Labute approximate surface area is 200 Å². The van der Waals surface area contributed by atoms with Gasteiger partial charge in [-0.3, -0.25) is 9.52 Å². The predicted octanol–water partition coefficient (Wildman–Crippen LogP) is 4.75. The third-order valence-corrected chi connectivity index (χ3v) is 7.70. The molecule has 4 rings (SSSR count). The van der Waals surface area contributed by atoms with Crippen LogP contribution in [-0.4, -0.2) is 26.0 Å². The molecule has 1 amide bonds. The van der Waals surface area contributed by atoms with Crippen molar-refractivity contribution in [1.82, 2.24) is 4.57 Å². The fraction of sp³-hybridized carbons (Fsp3) is 0.130. The van der Waals surface area contributed by atoms with Gasteiger partial charge in [0.15, 0.2) is 4.80 Å². The number of carbonyl (C=O) groups is 1. The van der Waals surface area contributed by atoms with Gasteiger partial charge in [-0.15, -0.1) is 0 Å². The molecule has 33 heavy (non-hydrogen) atoms. The Morgan fingerprint density at radius 1 is 1.09 bits per heavy atom. The second-order valence-electron chi connectivity index (χ2n) is 7.29. The molecule has 0 fully saturated rings. The summed E-state index contributed by atoms with van der Waals surface area (Å²) in [4.78, 5) is 17.6. The average molecular weight is 502 g/mol. The number of aromatic nitrogens is 1. The Balaban J connectivity index is 1.57. The first-order chi connectivity index (χ1) is 15.7. The fourth-order valence-electron chi connectivity index (χ4n) is 3.37. The van der Waals surface area contributed by atoms with Crippen molar-refractivity contribution in [3.8, 4) is 5.75 Å². The highest BCUT2D eigenvalue weighted by molar-refractivity contribution is 7.92. The third-order valence-electron chi connectivity index (χ3n) is 5.00. The van der Waals surface area contributed by atoms with Gasteiger partial charge >= 0.3 is 0 Å². The molecule has 0 bridgehead atoms. The number of nitrogens with one attached hydrogen (secondary N) is 1. The van der Waals surface area contributed by atoms with Gasteiger partial charge in [0.1, 0.15) is 5.75 Å². The number of amides is 1. The van der Waals surface area contributed by atoms with Crippen molar-refractivity contribution < 1.29 is 17.9 Å². The predicted molar refractivity (Wildman–Crippen MR) is 131 cm³/mol. The molecule has 0 saturated heterocycles. The number of sulfonamides is 1. The summed E-state index contributed by atoms with van der Waals surface area (Å²) in [6, 6.07) is 15.9. The number of anilines is 1. The van der Waals surface area contributed by atoms with E-state index in [0.29, 0.717) is 26.8 Å². The van der Waals surface area contributed by atoms with E-state index in [0.717, 1.165) is 15.8 Å². The van der Waals surface area contributed by atoms with Crippen LogP contribution in [0.2, 0.25) is 5.02 Å². The molecule has 170 valence electrons. The molecule has 0 spiro atoms. The van der Waals surface area contributed by atoms with Gasteiger partial charge in [0.2, 0.25) is 0 Å². The standard InChI is InChI=1S/C23H20ClN3O4S2/c1-14-12-16(24)13-20-21(14)27(2)23(32-20)25-22(28)15-4-6-17(7-5-15)26-33(29,30)19-10-8-18(31-3)9-11-19/h4-13,26H,1-3H3. The van der Waals surface area contributed by atoms with Crippen LogP contribution in [0.1, 0.15) is 15.9 Å². The topological polar surface area (TPSA) is 89.8 Å². The van der Waals surface area contributed by atoms with E-state index in [-0.39, 0.29) is 4.90 Å². The highest BCUT2D eigenvalue weighted by Crippen LogP contribution is 2.25. The molecule has 0 aliphatic carbocycles. The minimum atomic E-state index is -3.77. The summed E-state index contributed by atoms with van der Waals surface area (Å²) in [5.41, 5.74) is 2.65. The Hall–Kier alpha value is -3.14. The molecule has 10 heteroatoms. The number of carbonyl (C=O) groups excluding carboxylic acids is 1. The summed E-state index contributed by atoms with van der Waals surface area (Å²) in [5, 5.41) is 0.632. The van der Waals surface area contributed by atoms with Crippen LogP contribution in [0.5, 0.6) is 5.75 Å². The zero-order chi connectivity index (χ0) is 23.8. The monoisotopic (exact) mass is 501 g/mol. The molecule has 1 N–H and O–H groups in total. The molecule has 0 unspecified atom stereocenters. The number of fused-ring (bicyclic) bond motifs is 1. The van der Waals surface area contributed by atoms with E-state index in [2.05, 4.69) is 9.71 Å². The molecular weight excluding hydrogens is 482 g/mol. The fourth-order valence-corrected chi connectivity index (χ4v) is 5.90. The summed E-state index contributed by atoms with van der Waals surface area (Å²) < 4.78 is 35.5. The van der Waals surface area contributed by atoms with E-state index in [1.165, 1.54) is 54.8 Å². The van der Waals surface area contributed by atoms with Crippen LogP contribution in [0.3, 0.4) is 0 Å². The summed E-state index contributed by atoms with van der Waals surface area (Å²) >= 11 is 7.52. The smallest absolute Gasteiger partial charge is 0.279 e. The number of benzene rings is 3. The molecule has 1 aromatic heterocycles. The maximum Gasteiger partial charge on any atom is 0.279 e. The number of aryl methyl sites for hydroxylation is 2. The summed E-state index contributed by atoms with van der Waals surface area (Å²) in [6.45, 7) is 1.96. The zero-order valence-corrected chi connectivity index (χ0v) is 20.4. The van der Waals surface area contributed by atoms with Crippen LogP contribution in [0.15, 0.2) is 70.6 Å². The maximum atomic E-state index is 12.7. The molecular formula is C23H20ClN3O4S2. The van der Waals surface area contributed by atoms with Crippen molar-refractivity contribution in [1.29, 1.82) is 0 Å². The van der Waals surface area contributed by atoms with Gasteiger partial charge in [0.05, 0.1) is 22.2 Å². The Morgan fingerprint density at radius 3 is 2.39 bits per heavy atom. The number of hydrogen-bond acceptors (Lipinski definition) is 5. The lowest BCUT2D eigenvalue weighted by Crippen LogP contribution is -2.14. The van der Waals surface area contributed by atoms with Crippen LogP contribution in [0.4, 0.5) is 5.69 Å². The molecule has 0 aliphatic rings. The van der Waals surface area contributed by atoms with E-state index in [1.54, 1.807) is 12.1 Å². The number of ether oxygens (including phenoxy) is 1. The van der Waals surface area contributed by atoms with Crippen molar-refractivity contribution in [2.45, 2.75) is 11.8 Å². The van der Waals surface area contributed by atoms with E-state index in [1.807, 2.05) is 30.7 Å². The number of rotatable bonds is 5. The van der Waals surface area contributed by atoms with Crippen molar-refractivity contribution >= 4 is 54.8 Å². The van der Waals surface area contributed by atoms with Crippen LogP contribution in [-0.2, 0) is 17.1 Å². The van der Waals surface area contributed by atoms with Crippen molar-refractivity contribution in [2.24, 2.45) is 12.0 Å². The number of hydrogen-bond donors (Lipinski definition) is 1.